The molecule has 13 heavy (non-hydrogen) atoms. The second-order valence-corrected chi connectivity index (χ2v) is 4.12. The van der Waals surface area contributed by atoms with Crippen molar-refractivity contribution in [3.8, 4) is 0 Å². The van der Waals surface area contributed by atoms with Crippen LogP contribution in [0.3, 0.4) is 0 Å². The summed E-state index contributed by atoms with van der Waals surface area (Å²) in [5.41, 5.74) is 0. The Labute approximate surface area is 79.5 Å². The molecular formula is C10H19NO2. The minimum Gasteiger partial charge on any atom is -0.390 e. The van der Waals surface area contributed by atoms with Gasteiger partial charge in [-0.15, -0.1) is 0 Å². The normalized spacial score (nSPS) is 36.7. The molecule has 1 heterocycles. The average molecular weight is 185 g/mol. The summed E-state index contributed by atoms with van der Waals surface area (Å²) in [6, 6.07) is 0. The van der Waals surface area contributed by atoms with Crippen LogP contribution in [0.2, 0.25) is 0 Å². The maximum absolute atomic E-state index is 9.58. The predicted molar refractivity (Wildman–Crippen MR) is 50.6 cm³/mol. The van der Waals surface area contributed by atoms with Gasteiger partial charge < -0.3 is 15.2 Å². The molecule has 1 saturated carbocycles. The van der Waals surface area contributed by atoms with Gasteiger partial charge in [0, 0.05) is 0 Å². The summed E-state index contributed by atoms with van der Waals surface area (Å²) < 4.78 is 5.87. The molecule has 1 aliphatic heterocycles. The molecule has 3 nitrogen and oxygen atoms in total. The first-order chi connectivity index (χ1) is 6.36. The summed E-state index contributed by atoms with van der Waals surface area (Å²) in [6.45, 7) is 2.13. The average Bonchev–Trinajstić information content (AvgIpc) is 2.54. The standard InChI is InChI=1S/C10H19NO2/c12-9-2-1-3-10(9)13-8-4-6-11-7-5-8/h8-12H,1-7H2. The van der Waals surface area contributed by atoms with E-state index in [1.807, 2.05) is 0 Å². The lowest BCUT2D eigenvalue weighted by atomic mass is 10.1. The Balaban J connectivity index is 1.75. The van der Waals surface area contributed by atoms with E-state index in [1.165, 1.54) is 0 Å². The molecule has 2 aliphatic rings. The largest absolute Gasteiger partial charge is 0.390 e. The topological polar surface area (TPSA) is 41.5 Å². The zero-order valence-electron chi connectivity index (χ0n) is 8.04. The summed E-state index contributed by atoms with van der Waals surface area (Å²) in [6.07, 6.45) is 5.61. The van der Waals surface area contributed by atoms with Gasteiger partial charge in [-0.2, -0.15) is 0 Å². The molecule has 0 aromatic rings. The first-order valence-electron chi connectivity index (χ1n) is 5.40. The van der Waals surface area contributed by atoms with Gasteiger partial charge >= 0.3 is 0 Å². The molecule has 0 aromatic carbocycles. The number of rotatable bonds is 2. The van der Waals surface area contributed by atoms with E-state index < -0.39 is 0 Å². The van der Waals surface area contributed by atoms with E-state index in [0.29, 0.717) is 6.10 Å². The highest BCUT2D eigenvalue weighted by atomic mass is 16.5. The van der Waals surface area contributed by atoms with Crippen LogP contribution in [0.4, 0.5) is 0 Å². The molecule has 0 bridgehead atoms. The first-order valence-corrected chi connectivity index (χ1v) is 5.40. The fourth-order valence-corrected chi connectivity index (χ4v) is 2.24. The third kappa shape index (κ3) is 2.42. The molecule has 0 aromatic heterocycles. The highest BCUT2D eigenvalue weighted by Crippen LogP contribution is 2.24. The zero-order valence-corrected chi connectivity index (χ0v) is 8.04. The number of aliphatic hydroxyl groups excluding tert-OH is 1. The Morgan fingerprint density at radius 2 is 1.85 bits per heavy atom. The van der Waals surface area contributed by atoms with Gasteiger partial charge in [0.15, 0.2) is 0 Å². The van der Waals surface area contributed by atoms with Crippen molar-refractivity contribution in [3.63, 3.8) is 0 Å². The lowest BCUT2D eigenvalue weighted by molar-refractivity contribution is -0.0707. The fraction of sp³-hybridized carbons (Fsp3) is 1.00. The van der Waals surface area contributed by atoms with Crippen molar-refractivity contribution < 1.29 is 9.84 Å². The van der Waals surface area contributed by atoms with Crippen LogP contribution in [0.5, 0.6) is 0 Å². The molecule has 2 unspecified atom stereocenters. The molecule has 1 saturated heterocycles. The molecule has 1 aliphatic carbocycles. The SMILES string of the molecule is OC1CCCC1OC1CCNCC1. The predicted octanol–water partition coefficient (Wildman–Crippen LogP) is 0.668. The molecule has 0 amide bonds. The number of hydrogen-bond acceptors (Lipinski definition) is 3. The molecule has 3 heteroatoms. The smallest absolute Gasteiger partial charge is 0.0837 e. The third-order valence-electron chi connectivity index (χ3n) is 3.07. The lowest BCUT2D eigenvalue weighted by Gasteiger charge is -2.27. The van der Waals surface area contributed by atoms with E-state index in [9.17, 15) is 5.11 Å². The van der Waals surface area contributed by atoms with Crippen molar-refractivity contribution in [1.82, 2.24) is 5.32 Å². The molecule has 2 rings (SSSR count). The van der Waals surface area contributed by atoms with Crippen molar-refractivity contribution >= 4 is 0 Å². The van der Waals surface area contributed by atoms with E-state index in [0.717, 1.165) is 45.2 Å². The summed E-state index contributed by atoms with van der Waals surface area (Å²) >= 11 is 0. The van der Waals surface area contributed by atoms with Gasteiger partial charge in [-0.1, -0.05) is 0 Å². The molecular weight excluding hydrogens is 166 g/mol. The monoisotopic (exact) mass is 185 g/mol. The van der Waals surface area contributed by atoms with E-state index in [1.54, 1.807) is 0 Å². The van der Waals surface area contributed by atoms with Gasteiger partial charge in [-0.05, 0) is 45.2 Å². The highest BCUT2D eigenvalue weighted by Gasteiger charge is 2.28. The van der Waals surface area contributed by atoms with Crippen molar-refractivity contribution in [2.45, 2.75) is 50.4 Å². The fourth-order valence-electron chi connectivity index (χ4n) is 2.24. The number of aliphatic hydroxyl groups is 1. The minimum absolute atomic E-state index is 0.128. The highest BCUT2D eigenvalue weighted by molar-refractivity contribution is 4.79. The molecule has 2 fully saturated rings. The molecule has 76 valence electrons. The molecule has 0 spiro atoms. The summed E-state index contributed by atoms with van der Waals surface area (Å²) in [7, 11) is 0. The van der Waals surface area contributed by atoms with Crippen molar-refractivity contribution in [1.29, 1.82) is 0 Å². The van der Waals surface area contributed by atoms with Gasteiger partial charge in [0.1, 0.15) is 0 Å². The maximum Gasteiger partial charge on any atom is 0.0837 e. The number of ether oxygens (including phenoxy) is 1. The van der Waals surface area contributed by atoms with Gasteiger partial charge in [0.2, 0.25) is 0 Å². The van der Waals surface area contributed by atoms with E-state index in [-0.39, 0.29) is 12.2 Å². The molecule has 0 radical (unpaired) electrons. The second kappa shape index (κ2) is 4.40. The Morgan fingerprint density at radius 3 is 2.46 bits per heavy atom. The maximum atomic E-state index is 9.58. The van der Waals surface area contributed by atoms with Gasteiger partial charge in [0.25, 0.3) is 0 Å². The van der Waals surface area contributed by atoms with Gasteiger partial charge in [-0.3, -0.25) is 0 Å². The Hall–Kier alpha value is -0.120. The summed E-state index contributed by atoms with van der Waals surface area (Å²) in [4.78, 5) is 0. The molecule has 2 N–H and O–H groups in total. The van der Waals surface area contributed by atoms with Crippen molar-refractivity contribution in [2.24, 2.45) is 0 Å². The quantitative estimate of drug-likeness (QED) is 0.664. The van der Waals surface area contributed by atoms with Crippen LogP contribution in [-0.4, -0.2) is 36.5 Å². The number of piperidine rings is 1. The van der Waals surface area contributed by atoms with E-state index in [2.05, 4.69) is 5.32 Å². The van der Waals surface area contributed by atoms with Crippen LogP contribution in [0.15, 0.2) is 0 Å². The first kappa shape index (κ1) is 9.44. The number of nitrogens with one attached hydrogen (secondary N) is 1. The van der Waals surface area contributed by atoms with Gasteiger partial charge in [0.05, 0.1) is 18.3 Å². The Bertz CT molecular complexity index is 157. The van der Waals surface area contributed by atoms with Crippen LogP contribution >= 0.6 is 0 Å². The number of hydrogen-bond donors (Lipinski definition) is 2. The van der Waals surface area contributed by atoms with Crippen LogP contribution in [0.1, 0.15) is 32.1 Å². The van der Waals surface area contributed by atoms with Crippen LogP contribution in [0.25, 0.3) is 0 Å². The summed E-state index contributed by atoms with van der Waals surface area (Å²) in [5, 5.41) is 12.9. The lowest BCUT2D eigenvalue weighted by Crippen LogP contribution is -2.36. The summed E-state index contributed by atoms with van der Waals surface area (Å²) in [5.74, 6) is 0. The molecule has 2 atom stereocenters. The third-order valence-corrected chi connectivity index (χ3v) is 3.07. The second-order valence-electron chi connectivity index (χ2n) is 4.12. The Morgan fingerprint density at radius 1 is 1.08 bits per heavy atom. The van der Waals surface area contributed by atoms with Gasteiger partial charge in [-0.25, -0.2) is 0 Å². The minimum atomic E-state index is -0.199. The van der Waals surface area contributed by atoms with E-state index >= 15 is 0 Å². The van der Waals surface area contributed by atoms with Crippen LogP contribution in [-0.2, 0) is 4.74 Å². The van der Waals surface area contributed by atoms with Crippen molar-refractivity contribution in [3.05, 3.63) is 0 Å². The van der Waals surface area contributed by atoms with Crippen molar-refractivity contribution in [2.75, 3.05) is 13.1 Å². The zero-order chi connectivity index (χ0) is 9.10. The van der Waals surface area contributed by atoms with Crippen LogP contribution in [0, 0.1) is 0 Å². The van der Waals surface area contributed by atoms with E-state index in [4.69, 9.17) is 4.74 Å². The van der Waals surface area contributed by atoms with Crippen LogP contribution < -0.4 is 5.32 Å². The Kier molecular flexibility index (Phi) is 3.19.